The van der Waals surface area contributed by atoms with Crippen LogP contribution in [-0.4, -0.2) is 139 Å². The van der Waals surface area contributed by atoms with Crippen LogP contribution in [0.3, 0.4) is 0 Å². The van der Waals surface area contributed by atoms with Gasteiger partial charge in [-0.1, -0.05) is 76.2 Å². The Balaban J connectivity index is 0.653. The lowest BCUT2D eigenvalue weighted by Crippen LogP contribution is -2.52. The van der Waals surface area contributed by atoms with Gasteiger partial charge in [0, 0.05) is 39.0 Å². The molecule has 24 nitrogen and oxygen atoms in total. The fourth-order valence-electron chi connectivity index (χ4n) is 14.1. The number of hydrogen-bond donors (Lipinski definition) is 4. The maximum absolute atomic E-state index is 14.7. The van der Waals surface area contributed by atoms with Gasteiger partial charge in [0.15, 0.2) is 23.0 Å². The van der Waals surface area contributed by atoms with Gasteiger partial charge >= 0.3 is 24.4 Å². The van der Waals surface area contributed by atoms with E-state index in [0.29, 0.717) is 60.8 Å². The summed E-state index contributed by atoms with van der Waals surface area (Å²) in [5, 5.41) is 5.74. The fraction of sp³-hybridized carbons (Fsp3) is 0.471. The van der Waals surface area contributed by atoms with Gasteiger partial charge in [0.05, 0.1) is 49.0 Å². The van der Waals surface area contributed by atoms with Gasteiger partial charge in [-0.05, 0) is 132 Å². The highest BCUT2D eigenvalue weighted by Gasteiger charge is 2.46. The lowest BCUT2D eigenvalue weighted by Gasteiger charge is -2.30. The van der Waals surface area contributed by atoms with E-state index in [0.717, 1.165) is 107 Å². The number of hydrogen-bond acceptors (Lipinski definition) is 16. The second kappa shape index (κ2) is 25.3. The fourth-order valence-corrected chi connectivity index (χ4v) is 14.1. The minimum atomic E-state index is -0.914. The van der Waals surface area contributed by atoms with Crippen molar-refractivity contribution in [3.63, 3.8) is 0 Å². The van der Waals surface area contributed by atoms with Crippen LogP contribution in [-0.2, 0) is 54.7 Å². The number of aromatic nitrogens is 4. The van der Waals surface area contributed by atoms with Crippen molar-refractivity contribution >= 4 is 36.2 Å². The largest absolute Gasteiger partial charge is 0.454 e. The van der Waals surface area contributed by atoms with Crippen molar-refractivity contribution in [2.24, 2.45) is 11.8 Å². The van der Waals surface area contributed by atoms with Gasteiger partial charge in [0.1, 0.15) is 48.1 Å². The number of nitrogens with one attached hydrogen (secondary N) is 4. The van der Waals surface area contributed by atoms with E-state index in [2.05, 4.69) is 20.6 Å². The molecule has 8 heterocycles. The number of fused-ring (bicyclic) bond motifs is 4. The Morgan fingerprint density at radius 3 is 1.15 bits per heavy atom. The first kappa shape index (κ1) is 60.1. The smallest absolute Gasteiger partial charge is 0.410 e. The number of likely N-dealkylation sites (tertiary alicyclic amines) is 2. The molecule has 24 heteroatoms. The predicted octanol–water partition coefficient (Wildman–Crippen LogP) is 10.6. The van der Waals surface area contributed by atoms with Crippen molar-refractivity contribution in [2.45, 2.75) is 167 Å². The van der Waals surface area contributed by atoms with Crippen molar-refractivity contribution in [2.75, 3.05) is 26.7 Å². The molecule has 0 bridgehead atoms. The zero-order chi connectivity index (χ0) is 63.3. The average Bonchev–Trinajstić information content (AvgIpc) is 1.69. The van der Waals surface area contributed by atoms with E-state index in [9.17, 15) is 28.8 Å². The van der Waals surface area contributed by atoms with Crippen LogP contribution in [0.4, 0.5) is 19.2 Å². The molecule has 2 saturated carbocycles. The number of carbonyl (C=O) groups is 6. The Hall–Kier alpha value is -9.48. The van der Waals surface area contributed by atoms with Gasteiger partial charge in [0.2, 0.25) is 25.4 Å². The van der Waals surface area contributed by atoms with Crippen LogP contribution < -0.4 is 29.6 Å². The van der Waals surface area contributed by atoms with Crippen LogP contribution >= 0.6 is 0 Å². The van der Waals surface area contributed by atoms with Crippen LogP contribution in [0.1, 0.15) is 138 Å². The van der Waals surface area contributed by atoms with Crippen molar-refractivity contribution in [3.8, 4) is 56.6 Å². The number of nitrogens with zero attached hydrogens (tertiary/aromatic N) is 6. The minimum Gasteiger partial charge on any atom is -0.454 e. The number of carbonyl (C=O) groups excluding carboxylic acids is 6. The number of aromatic amines is 2. The molecule has 4 fully saturated rings. The summed E-state index contributed by atoms with van der Waals surface area (Å²) < 4.78 is 46.2. The molecule has 6 atom stereocenters. The van der Waals surface area contributed by atoms with Crippen molar-refractivity contribution < 1.29 is 66.7 Å². The number of imidazole rings is 2. The lowest BCUT2D eigenvalue weighted by atomic mass is 10.0. The highest BCUT2D eigenvalue weighted by molar-refractivity contribution is 5.88. The first-order valence-corrected chi connectivity index (χ1v) is 32.2. The van der Waals surface area contributed by atoms with Gasteiger partial charge in [-0.2, -0.15) is 0 Å². The van der Waals surface area contributed by atoms with E-state index in [1.807, 2.05) is 100 Å². The second-order valence-electron chi connectivity index (χ2n) is 26.0. The Bertz CT molecular complexity index is 3470. The first-order chi connectivity index (χ1) is 44.6. The standard InChI is InChI=1S/C68H76N10O14/c1-37(2)59(73-65(81)89-47-9-5-6-10-47)63(79)77-33-49(91-67(83)75-29-43-21-55-56(86-35-85-55)22-44(43)30-75)25-53(77)61-69-27-51(71-61)41-17-13-39(14-18-41)40-15-19-42(20-16-40)52-28-70-62(72-52)54-26-50(92-68(84)76-31-45-23-57-58(88-36-87-57)24-46(45)32-76)34-78(54)64(80)60(38(3)4)74-66(82)90-48-11-7-8-12-48/h13-24,27-28,37-38,47-50,53-54,59-60H,5-12,25-26,29-36H2,1-4H3,(H,69,71)(H,70,72)(H,73,81)(H,74,82)/t49-,50-,53?,54?,59+,60+/m1/s1. The molecule has 482 valence electrons. The molecule has 92 heavy (non-hydrogen) atoms. The third-order valence-corrected chi connectivity index (χ3v) is 19.1. The average molecular weight is 1260 g/mol. The number of amides is 6. The Morgan fingerprint density at radius 2 is 0.815 bits per heavy atom. The second-order valence-corrected chi connectivity index (χ2v) is 26.0. The molecule has 4 aromatic carbocycles. The van der Waals surface area contributed by atoms with Crippen LogP contribution in [0.2, 0.25) is 0 Å². The highest BCUT2D eigenvalue weighted by atomic mass is 16.7. The zero-order valence-electron chi connectivity index (χ0n) is 52.0. The molecule has 6 aliphatic heterocycles. The van der Waals surface area contributed by atoms with Crippen molar-refractivity contribution in [1.29, 1.82) is 0 Å². The summed E-state index contributed by atoms with van der Waals surface area (Å²) in [7, 11) is 0. The van der Waals surface area contributed by atoms with Gasteiger partial charge in [-0.3, -0.25) is 19.4 Å². The highest BCUT2D eigenvalue weighted by Crippen LogP contribution is 2.42. The van der Waals surface area contributed by atoms with Crippen molar-refractivity contribution in [3.05, 3.63) is 119 Å². The summed E-state index contributed by atoms with van der Waals surface area (Å²) in [5.41, 5.74) is 8.86. The molecule has 8 aliphatic rings. The van der Waals surface area contributed by atoms with E-state index < -0.39 is 60.7 Å². The molecule has 6 aromatic rings. The summed E-state index contributed by atoms with van der Waals surface area (Å²) in [6.07, 6.45) is 7.12. The summed E-state index contributed by atoms with van der Waals surface area (Å²) in [4.78, 5) is 107. The lowest BCUT2D eigenvalue weighted by molar-refractivity contribution is -0.136. The minimum absolute atomic E-state index is 0.0851. The number of ether oxygens (including phenoxy) is 8. The van der Waals surface area contributed by atoms with Crippen molar-refractivity contribution in [1.82, 2.24) is 50.2 Å². The molecule has 2 aromatic heterocycles. The van der Waals surface area contributed by atoms with Crippen LogP contribution in [0.5, 0.6) is 23.0 Å². The third-order valence-electron chi connectivity index (χ3n) is 19.1. The number of benzene rings is 4. The molecular formula is C68H76N10O14. The Morgan fingerprint density at radius 1 is 0.478 bits per heavy atom. The topological polar surface area (TPSA) is 271 Å². The summed E-state index contributed by atoms with van der Waals surface area (Å²) in [5.74, 6) is 2.36. The van der Waals surface area contributed by atoms with Gasteiger partial charge in [0.25, 0.3) is 0 Å². The normalized spacial score (nSPS) is 21.2. The molecule has 2 aliphatic carbocycles. The number of H-pyrrole nitrogens is 2. The molecule has 14 rings (SSSR count). The molecule has 2 unspecified atom stereocenters. The van der Waals surface area contributed by atoms with E-state index in [4.69, 9.17) is 47.9 Å². The molecular weight excluding hydrogens is 1180 g/mol. The molecule has 0 radical (unpaired) electrons. The Labute approximate surface area is 531 Å². The van der Waals surface area contributed by atoms with E-state index >= 15 is 0 Å². The van der Waals surface area contributed by atoms with E-state index in [1.54, 1.807) is 32.0 Å². The maximum atomic E-state index is 14.7. The summed E-state index contributed by atoms with van der Waals surface area (Å²) >= 11 is 0. The quantitative estimate of drug-likeness (QED) is 0.0696. The van der Waals surface area contributed by atoms with Crippen LogP contribution in [0, 0.1) is 11.8 Å². The SMILES string of the molecule is CC(C)[C@H](NC(=O)OC1CCCC1)C(=O)N1C[C@H](OC(=O)N2Cc3cc4c(cc3C2)OCO4)CC1c1ncc(-c2ccc(-c3ccc(-c4cnc(C5C[C@@H](OC(=O)N6Cc7cc8c(cc7C6)OCO8)CN5C(=O)[C@@H](NC(=O)OC5CCCC5)C(C)C)[nH]4)cc3)cc2)[nH]1. The molecule has 6 amide bonds. The van der Waals surface area contributed by atoms with E-state index in [-0.39, 0.29) is 75.4 Å². The van der Waals surface area contributed by atoms with Gasteiger partial charge in [-0.15, -0.1) is 0 Å². The van der Waals surface area contributed by atoms with Gasteiger partial charge in [-0.25, -0.2) is 29.1 Å². The third kappa shape index (κ3) is 12.4. The molecule has 0 spiro atoms. The number of rotatable bonds is 15. The predicted molar refractivity (Wildman–Crippen MR) is 330 cm³/mol. The monoisotopic (exact) mass is 1260 g/mol. The maximum Gasteiger partial charge on any atom is 0.410 e. The first-order valence-electron chi connectivity index (χ1n) is 32.2. The molecule has 4 N–H and O–H groups in total. The van der Waals surface area contributed by atoms with Gasteiger partial charge < -0.3 is 68.3 Å². The number of alkyl carbamates (subject to hydrolysis) is 2. The summed E-state index contributed by atoms with van der Waals surface area (Å²) in [6.45, 7) is 9.34. The Kier molecular flexibility index (Phi) is 16.5. The van der Waals surface area contributed by atoms with Crippen LogP contribution in [0.25, 0.3) is 33.6 Å². The summed E-state index contributed by atoms with van der Waals surface area (Å²) in [6, 6.07) is 20.6. The zero-order valence-corrected chi connectivity index (χ0v) is 52.0. The molecule has 2 saturated heterocycles. The van der Waals surface area contributed by atoms with E-state index in [1.165, 1.54) is 0 Å². The van der Waals surface area contributed by atoms with Crippen LogP contribution in [0.15, 0.2) is 85.2 Å².